The fourth-order valence-electron chi connectivity index (χ4n) is 2.81. The number of halogens is 4. The first-order chi connectivity index (χ1) is 9.40. The van der Waals surface area contributed by atoms with Crippen molar-refractivity contribution in [1.29, 1.82) is 0 Å². The van der Waals surface area contributed by atoms with E-state index in [2.05, 4.69) is 5.10 Å². The third-order valence-electron chi connectivity index (χ3n) is 3.95. The lowest BCUT2D eigenvalue weighted by Crippen LogP contribution is -2.19. The van der Waals surface area contributed by atoms with Gasteiger partial charge in [0.2, 0.25) is 0 Å². The summed E-state index contributed by atoms with van der Waals surface area (Å²) in [5, 5.41) is 4.06. The molecule has 0 amide bonds. The Morgan fingerprint density at radius 2 is 2.10 bits per heavy atom. The fraction of sp³-hybridized carbons (Fsp3) is 0.500. The molecule has 1 aliphatic carbocycles. The van der Waals surface area contributed by atoms with E-state index < -0.39 is 18.5 Å². The van der Waals surface area contributed by atoms with Gasteiger partial charge in [0, 0.05) is 5.39 Å². The van der Waals surface area contributed by atoms with Gasteiger partial charge in [-0.1, -0.05) is 25.5 Å². The van der Waals surface area contributed by atoms with Crippen LogP contribution in [-0.2, 0) is 6.54 Å². The molecule has 2 atom stereocenters. The Hall–Kier alpha value is -1.59. The molecular formula is C14H14F4N2. The standard InChI is InChI=1S/C14H14F4N2/c1-2-8-5-11(8)10-4-3-9-6-19-20(7-14(16,17)18)13(9)12(10)15/h3-4,6,8,11H,2,5,7H2,1H3/t8-,11-/m0/s1. The molecular weight excluding hydrogens is 272 g/mol. The van der Waals surface area contributed by atoms with Gasteiger partial charge in [0.25, 0.3) is 0 Å². The predicted octanol–water partition coefficient (Wildman–Crippen LogP) is 4.25. The lowest BCUT2D eigenvalue weighted by molar-refractivity contribution is -0.141. The van der Waals surface area contributed by atoms with E-state index in [0.29, 0.717) is 21.5 Å². The highest BCUT2D eigenvalue weighted by atomic mass is 19.4. The van der Waals surface area contributed by atoms with Crippen molar-refractivity contribution in [2.45, 2.75) is 38.4 Å². The quantitative estimate of drug-likeness (QED) is 0.771. The van der Waals surface area contributed by atoms with Gasteiger partial charge in [0.15, 0.2) is 5.82 Å². The minimum absolute atomic E-state index is 0.0402. The summed E-state index contributed by atoms with van der Waals surface area (Å²) >= 11 is 0. The molecule has 2 nitrogen and oxygen atoms in total. The van der Waals surface area contributed by atoms with Crippen LogP contribution in [0.1, 0.15) is 31.2 Å². The van der Waals surface area contributed by atoms with Crippen LogP contribution in [0.4, 0.5) is 17.6 Å². The van der Waals surface area contributed by atoms with Gasteiger partial charge >= 0.3 is 6.18 Å². The van der Waals surface area contributed by atoms with Crippen LogP contribution in [0.25, 0.3) is 10.9 Å². The number of benzene rings is 1. The minimum atomic E-state index is -4.41. The molecule has 108 valence electrons. The molecule has 1 fully saturated rings. The first kappa shape index (κ1) is 13.4. The maximum Gasteiger partial charge on any atom is 0.408 e. The van der Waals surface area contributed by atoms with Crippen molar-refractivity contribution in [2.75, 3.05) is 0 Å². The van der Waals surface area contributed by atoms with Crippen LogP contribution < -0.4 is 0 Å². The summed E-state index contributed by atoms with van der Waals surface area (Å²) in [6.45, 7) is 0.772. The first-order valence-electron chi connectivity index (χ1n) is 6.61. The maximum atomic E-state index is 14.5. The van der Waals surface area contributed by atoms with E-state index in [1.807, 2.05) is 6.92 Å². The SMILES string of the molecule is CC[C@H]1C[C@@H]1c1ccc2cnn(CC(F)(F)F)c2c1F. The van der Waals surface area contributed by atoms with Crippen LogP contribution in [0.5, 0.6) is 0 Å². The minimum Gasteiger partial charge on any atom is -0.253 e. The van der Waals surface area contributed by atoms with Gasteiger partial charge in [-0.25, -0.2) is 4.39 Å². The van der Waals surface area contributed by atoms with Crippen molar-refractivity contribution < 1.29 is 17.6 Å². The third-order valence-corrected chi connectivity index (χ3v) is 3.95. The molecule has 6 heteroatoms. The van der Waals surface area contributed by atoms with E-state index in [1.165, 1.54) is 6.20 Å². The van der Waals surface area contributed by atoms with Gasteiger partial charge in [-0.05, 0) is 23.8 Å². The van der Waals surface area contributed by atoms with Crippen LogP contribution >= 0.6 is 0 Å². The Kier molecular flexibility index (Phi) is 2.99. The summed E-state index contributed by atoms with van der Waals surface area (Å²) in [5.41, 5.74) is 0.481. The molecule has 0 N–H and O–H groups in total. The summed E-state index contributed by atoms with van der Waals surface area (Å²) in [6, 6.07) is 3.33. The van der Waals surface area contributed by atoms with Gasteiger partial charge in [-0.15, -0.1) is 0 Å². The van der Waals surface area contributed by atoms with Crippen LogP contribution in [0.15, 0.2) is 18.3 Å². The molecule has 0 radical (unpaired) electrons. The van der Waals surface area contributed by atoms with E-state index in [-0.39, 0.29) is 11.4 Å². The first-order valence-corrected chi connectivity index (χ1v) is 6.61. The average Bonchev–Trinajstić information content (AvgIpc) is 3.03. The van der Waals surface area contributed by atoms with Gasteiger partial charge in [-0.2, -0.15) is 18.3 Å². The zero-order valence-electron chi connectivity index (χ0n) is 10.9. The van der Waals surface area contributed by atoms with Crippen molar-refractivity contribution >= 4 is 10.9 Å². The Morgan fingerprint density at radius 3 is 2.70 bits per heavy atom. The maximum absolute atomic E-state index is 14.5. The van der Waals surface area contributed by atoms with Crippen LogP contribution in [0.3, 0.4) is 0 Å². The molecule has 20 heavy (non-hydrogen) atoms. The molecule has 0 unspecified atom stereocenters. The normalized spacial score (nSPS) is 22.4. The van der Waals surface area contributed by atoms with Crippen LogP contribution in [0.2, 0.25) is 0 Å². The number of aromatic nitrogens is 2. The predicted molar refractivity (Wildman–Crippen MR) is 66.9 cm³/mol. The van der Waals surface area contributed by atoms with E-state index in [0.717, 1.165) is 12.8 Å². The largest absolute Gasteiger partial charge is 0.408 e. The summed E-state index contributed by atoms with van der Waals surface area (Å²) in [4.78, 5) is 0. The molecule has 2 aromatic rings. The summed E-state index contributed by atoms with van der Waals surface area (Å²) in [6.07, 6.45) is -1.26. The second kappa shape index (κ2) is 4.46. The second-order valence-corrected chi connectivity index (χ2v) is 5.33. The monoisotopic (exact) mass is 286 g/mol. The molecule has 1 saturated carbocycles. The Labute approximate surface area is 113 Å². The number of fused-ring (bicyclic) bond motifs is 1. The molecule has 0 aliphatic heterocycles. The van der Waals surface area contributed by atoms with Crippen LogP contribution in [0, 0.1) is 11.7 Å². The van der Waals surface area contributed by atoms with Crippen molar-refractivity contribution in [3.05, 3.63) is 29.7 Å². The smallest absolute Gasteiger partial charge is 0.253 e. The lowest BCUT2D eigenvalue weighted by atomic mass is 10.1. The molecule has 1 aromatic carbocycles. The zero-order valence-corrected chi connectivity index (χ0v) is 10.9. The number of nitrogens with zero attached hydrogens (tertiary/aromatic N) is 2. The molecule has 3 rings (SSSR count). The summed E-state index contributed by atoms with van der Waals surface area (Å²) in [7, 11) is 0. The Bertz CT molecular complexity index is 644. The second-order valence-electron chi connectivity index (χ2n) is 5.33. The van der Waals surface area contributed by atoms with E-state index >= 15 is 0 Å². The van der Waals surface area contributed by atoms with Crippen molar-refractivity contribution in [3.63, 3.8) is 0 Å². The number of hydrogen-bond donors (Lipinski definition) is 0. The number of hydrogen-bond acceptors (Lipinski definition) is 1. The highest BCUT2D eigenvalue weighted by molar-refractivity contribution is 5.80. The zero-order chi connectivity index (χ0) is 14.5. The fourth-order valence-corrected chi connectivity index (χ4v) is 2.81. The third kappa shape index (κ3) is 2.27. The van der Waals surface area contributed by atoms with E-state index in [9.17, 15) is 17.6 Å². The van der Waals surface area contributed by atoms with Crippen molar-refractivity contribution in [3.8, 4) is 0 Å². The molecule has 0 saturated heterocycles. The number of rotatable bonds is 3. The van der Waals surface area contributed by atoms with Gasteiger partial charge in [0.1, 0.15) is 12.1 Å². The summed E-state index contributed by atoms with van der Waals surface area (Å²) < 4.78 is 52.7. The summed E-state index contributed by atoms with van der Waals surface area (Å²) in [5.74, 6) is 0.0322. The lowest BCUT2D eigenvalue weighted by Gasteiger charge is -2.09. The van der Waals surface area contributed by atoms with E-state index in [1.54, 1.807) is 12.1 Å². The Morgan fingerprint density at radius 1 is 1.35 bits per heavy atom. The van der Waals surface area contributed by atoms with Gasteiger partial charge in [0.05, 0.1) is 6.20 Å². The Balaban J connectivity index is 2.04. The molecule has 0 bridgehead atoms. The molecule has 1 heterocycles. The highest BCUT2D eigenvalue weighted by Gasteiger charge is 2.39. The molecule has 1 aromatic heterocycles. The topological polar surface area (TPSA) is 17.8 Å². The number of alkyl halides is 3. The van der Waals surface area contributed by atoms with Crippen molar-refractivity contribution in [2.24, 2.45) is 5.92 Å². The highest BCUT2D eigenvalue weighted by Crippen LogP contribution is 2.50. The van der Waals surface area contributed by atoms with Crippen LogP contribution in [-0.4, -0.2) is 16.0 Å². The van der Waals surface area contributed by atoms with Gasteiger partial charge in [-0.3, -0.25) is 4.68 Å². The average molecular weight is 286 g/mol. The van der Waals surface area contributed by atoms with E-state index in [4.69, 9.17) is 0 Å². The molecule has 0 spiro atoms. The van der Waals surface area contributed by atoms with Crippen molar-refractivity contribution in [1.82, 2.24) is 9.78 Å². The van der Waals surface area contributed by atoms with Gasteiger partial charge < -0.3 is 0 Å². The molecule has 1 aliphatic rings.